The van der Waals surface area contributed by atoms with Gasteiger partial charge in [-0.3, -0.25) is 9.29 Å². The third-order valence-corrected chi connectivity index (χ3v) is 6.42. The van der Waals surface area contributed by atoms with Crippen molar-refractivity contribution in [3.05, 3.63) is 23.4 Å². The summed E-state index contributed by atoms with van der Waals surface area (Å²) in [5.74, 6) is -0.0395. The van der Waals surface area contributed by atoms with Crippen LogP contribution in [0.15, 0.2) is 22.4 Å². The molecule has 1 atom stereocenters. The number of anilines is 3. The first-order valence-electron chi connectivity index (χ1n) is 9.94. The number of hydrogen-bond acceptors (Lipinski definition) is 8. The third kappa shape index (κ3) is 4.58. The summed E-state index contributed by atoms with van der Waals surface area (Å²) in [6.45, 7) is 6.14. The first-order chi connectivity index (χ1) is 15.3. The number of nitrogen functional groups attached to an aromatic ring is 1. The number of rotatable bonds is 5. The van der Waals surface area contributed by atoms with Crippen LogP contribution < -0.4 is 15.4 Å². The van der Waals surface area contributed by atoms with Gasteiger partial charge in [0.25, 0.3) is 5.95 Å². The van der Waals surface area contributed by atoms with Gasteiger partial charge in [0.2, 0.25) is 0 Å². The van der Waals surface area contributed by atoms with Crippen LogP contribution in [-0.2, 0) is 10.0 Å². The van der Waals surface area contributed by atoms with Gasteiger partial charge in [-0.15, -0.1) is 10.2 Å². The van der Waals surface area contributed by atoms with E-state index in [1.807, 2.05) is 17.9 Å². The second-order valence-electron chi connectivity index (χ2n) is 8.01. The minimum absolute atomic E-state index is 0.0356. The van der Waals surface area contributed by atoms with E-state index in [0.717, 1.165) is 12.0 Å². The zero-order valence-corrected chi connectivity index (χ0v) is 19.2. The highest BCUT2D eigenvalue weighted by Gasteiger charge is 2.46. The summed E-state index contributed by atoms with van der Waals surface area (Å²) in [6.07, 6.45) is 0.799. The lowest BCUT2D eigenvalue weighted by molar-refractivity contribution is -0.0429. The van der Waals surface area contributed by atoms with Crippen LogP contribution in [0.2, 0.25) is 0 Å². The Hall–Kier alpha value is -3.34. The molecule has 1 aliphatic rings. The molecule has 1 unspecified atom stereocenters. The van der Waals surface area contributed by atoms with E-state index >= 15 is 0 Å². The van der Waals surface area contributed by atoms with Gasteiger partial charge >= 0.3 is 15.5 Å². The van der Waals surface area contributed by atoms with Crippen molar-refractivity contribution >= 4 is 38.9 Å². The molecule has 14 heteroatoms. The van der Waals surface area contributed by atoms with Gasteiger partial charge in [-0.1, -0.05) is 6.92 Å². The molecule has 0 amide bonds. The highest BCUT2D eigenvalue weighted by Crippen LogP contribution is 2.42. The monoisotopic (exact) mass is 484 g/mol. The van der Waals surface area contributed by atoms with Crippen molar-refractivity contribution in [1.82, 2.24) is 9.55 Å². The van der Waals surface area contributed by atoms with Crippen LogP contribution >= 0.6 is 0 Å². The van der Waals surface area contributed by atoms with Gasteiger partial charge in [-0.25, -0.2) is 0 Å². The van der Waals surface area contributed by atoms with E-state index in [1.54, 1.807) is 25.6 Å². The summed E-state index contributed by atoms with van der Waals surface area (Å²) >= 11 is 0. The molecule has 2 heterocycles. The molecule has 0 spiro atoms. The van der Waals surface area contributed by atoms with E-state index in [1.165, 1.54) is 16.7 Å². The largest absolute Gasteiger partial charge is 0.516 e. The fourth-order valence-corrected chi connectivity index (χ4v) is 4.12. The molecular weight excluding hydrogens is 461 g/mol. The fraction of sp³-hybridized carbons (Fsp3) is 0.474. The number of halogens is 3. The highest BCUT2D eigenvalue weighted by atomic mass is 32.2. The Labute approximate surface area is 189 Å². The van der Waals surface area contributed by atoms with Crippen molar-refractivity contribution in [2.45, 2.75) is 44.7 Å². The molecular formula is C19H23F3N8O2S. The van der Waals surface area contributed by atoms with Crippen molar-refractivity contribution < 1.29 is 21.6 Å². The number of nitriles is 1. The molecule has 0 fully saturated rings. The maximum absolute atomic E-state index is 13.0. The van der Waals surface area contributed by atoms with Crippen LogP contribution in [0.5, 0.6) is 0 Å². The molecule has 3 rings (SSSR count). The Morgan fingerprint density at radius 1 is 1.33 bits per heavy atom. The van der Waals surface area contributed by atoms with Crippen molar-refractivity contribution in [2.75, 3.05) is 28.9 Å². The molecule has 1 aliphatic heterocycles. The second kappa shape index (κ2) is 8.54. The minimum Gasteiger partial charge on any atom is -0.381 e. The van der Waals surface area contributed by atoms with Crippen molar-refractivity contribution in [3.8, 4) is 6.07 Å². The molecule has 1 aromatic heterocycles. The van der Waals surface area contributed by atoms with Crippen LogP contribution in [0.25, 0.3) is 0 Å². The number of hydrogen-bond donors (Lipinski definition) is 2. The maximum atomic E-state index is 13.0. The molecule has 33 heavy (non-hydrogen) atoms. The molecule has 0 radical (unpaired) electrons. The van der Waals surface area contributed by atoms with Gasteiger partial charge < -0.3 is 10.6 Å². The molecule has 3 N–H and O–H groups in total. The Balaban J connectivity index is 2.17. The molecule has 10 nitrogen and oxygen atoms in total. The summed E-state index contributed by atoms with van der Waals surface area (Å²) in [4.78, 5) is 5.83. The zero-order chi connectivity index (χ0) is 24.7. The van der Waals surface area contributed by atoms with E-state index < -0.39 is 15.5 Å². The van der Waals surface area contributed by atoms with E-state index in [4.69, 9.17) is 5.73 Å². The van der Waals surface area contributed by atoms with Gasteiger partial charge in [-0.2, -0.15) is 31.8 Å². The molecule has 1 aromatic carbocycles. The number of alkyl halides is 3. The van der Waals surface area contributed by atoms with Crippen molar-refractivity contribution in [3.63, 3.8) is 0 Å². The van der Waals surface area contributed by atoms with E-state index in [2.05, 4.69) is 15.2 Å². The molecule has 0 bridgehead atoms. The van der Waals surface area contributed by atoms with Gasteiger partial charge in [0.15, 0.2) is 11.5 Å². The number of sulfonamides is 1. The smallest absolute Gasteiger partial charge is 0.381 e. The summed E-state index contributed by atoms with van der Waals surface area (Å²) in [5.41, 5.74) is 1.19. The van der Waals surface area contributed by atoms with Gasteiger partial charge in [0.1, 0.15) is 11.8 Å². The topological polar surface area (TPSA) is 142 Å². The molecule has 178 valence electrons. The van der Waals surface area contributed by atoms with E-state index in [9.17, 15) is 26.9 Å². The summed E-state index contributed by atoms with van der Waals surface area (Å²) in [6, 6.07) is 4.48. The number of benzene rings is 1. The Morgan fingerprint density at radius 2 is 2.00 bits per heavy atom. The van der Waals surface area contributed by atoms with Crippen molar-refractivity contribution in [1.29, 1.82) is 5.26 Å². The Bertz CT molecular complexity index is 1250. The predicted molar refractivity (Wildman–Crippen MR) is 117 cm³/mol. The number of azo groups is 1. The Kier molecular flexibility index (Phi) is 6.29. The second-order valence-corrected chi connectivity index (χ2v) is 9.69. The van der Waals surface area contributed by atoms with E-state index in [-0.39, 0.29) is 40.8 Å². The van der Waals surface area contributed by atoms with Gasteiger partial charge in [0.05, 0.1) is 5.69 Å². The third-order valence-electron chi connectivity index (χ3n) is 5.32. The normalized spacial score (nSPS) is 16.8. The number of nitrogens with two attached hydrogens (primary N) is 1. The lowest BCUT2D eigenvalue weighted by atomic mass is 9.91. The average Bonchev–Trinajstić information content (AvgIpc) is 3.04. The number of nitrogens with one attached hydrogen (secondary N) is 1. The zero-order valence-electron chi connectivity index (χ0n) is 18.3. The lowest BCUT2D eigenvalue weighted by Crippen LogP contribution is -2.30. The Morgan fingerprint density at radius 3 is 2.58 bits per heavy atom. The van der Waals surface area contributed by atoms with Gasteiger partial charge in [0, 0.05) is 25.3 Å². The standard InChI is InChI=1S/C19H23F3N8O2S/c1-10(2)30-16(9-23)17(24)25-18(30)27-26-13-7-12-11(3)5-6-29(4)15(12)8-14(13)28-33(31,32)19(20,21)22/h7-8,10-11,28H,5-6,24H2,1-4H3. The number of aromatic nitrogens is 2. The highest BCUT2D eigenvalue weighted by molar-refractivity contribution is 7.93. The molecule has 2 aromatic rings. The first kappa shape index (κ1) is 24.3. The van der Waals surface area contributed by atoms with Crippen LogP contribution in [0.4, 0.5) is 42.0 Å². The quantitative estimate of drug-likeness (QED) is 0.597. The molecule has 0 saturated carbocycles. The fourth-order valence-electron chi connectivity index (χ4n) is 3.56. The SMILES string of the molecule is CC1CCN(C)c2cc(NS(=O)(=O)C(F)(F)F)c(N=Nc3nc(N)c(C#N)n3C(C)C)cc21. The maximum Gasteiger partial charge on any atom is 0.516 e. The predicted octanol–water partition coefficient (Wildman–Crippen LogP) is 4.54. The minimum atomic E-state index is -5.70. The number of nitrogens with zero attached hydrogens (tertiary/aromatic N) is 6. The molecule has 0 aliphatic carbocycles. The molecule has 0 saturated heterocycles. The average molecular weight is 485 g/mol. The van der Waals surface area contributed by atoms with Crippen LogP contribution in [-0.4, -0.2) is 37.1 Å². The van der Waals surface area contributed by atoms with E-state index in [0.29, 0.717) is 12.2 Å². The lowest BCUT2D eigenvalue weighted by Gasteiger charge is -2.32. The number of imidazole rings is 1. The van der Waals surface area contributed by atoms with Crippen LogP contribution in [0.3, 0.4) is 0 Å². The first-order valence-corrected chi connectivity index (χ1v) is 11.4. The summed E-state index contributed by atoms with van der Waals surface area (Å²) < 4.78 is 65.7. The van der Waals surface area contributed by atoms with Gasteiger partial charge in [-0.05, 0) is 43.9 Å². The number of fused-ring (bicyclic) bond motifs is 1. The summed E-state index contributed by atoms with van der Waals surface area (Å²) in [5, 5.41) is 17.3. The van der Waals surface area contributed by atoms with Crippen molar-refractivity contribution in [2.24, 2.45) is 10.2 Å². The van der Waals surface area contributed by atoms with Crippen LogP contribution in [0, 0.1) is 11.3 Å². The van der Waals surface area contributed by atoms with Crippen LogP contribution in [0.1, 0.15) is 50.4 Å². The summed E-state index contributed by atoms with van der Waals surface area (Å²) in [7, 11) is -3.93.